The molecular formula is C25H20ClFN2OS. The van der Waals surface area contributed by atoms with Crippen LogP contribution in [0.5, 0.6) is 0 Å². The number of benzene rings is 3. The van der Waals surface area contributed by atoms with Crippen LogP contribution >= 0.6 is 23.4 Å². The van der Waals surface area contributed by atoms with Gasteiger partial charge in [-0.05, 0) is 72.5 Å². The number of halogens is 2. The Hall–Kier alpha value is -2.89. The van der Waals surface area contributed by atoms with Crippen molar-refractivity contribution < 1.29 is 9.18 Å². The highest BCUT2D eigenvalue weighted by molar-refractivity contribution is 8.13. The van der Waals surface area contributed by atoms with Gasteiger partial charge in [0.1, 0.15) is 11.5 Å². The Morgan fingerprint density at radius 3 is 2.45 bits per heavy atom. The summed E-state index contributed by atoms with van der Waals surface area (Å²) in [5.41, 5.74) is 5.11. The Morgan fingerprint density at radius 1 is 1.03 bits per heavy atom. The molecule has 1 aliphatic heterocycles. The molecule has 0 saturated carbocycles. The molecule has 31 heavy (non-hydrogen) atoms. The molecule has 0 fully saturated rings. The normalized spacial score (nSPS) is 15.0. The van der Waals surface area contributed by atoms with Gasteiger partial charge in [0, 0.05) is 10.8 Å². The van der Waals surface area contributed by atoms with E-state index in [0.717, 1.165) is 27.9 Å². The molecule has 3 aromatic carbocycles. The summed E-state index contributed by atoms with van der Waals surface area (Å²) < 4.78 is 13.2. The number of carbonyl (C=O) groups is 1. The smallest absolute Gasteiger partial charge is 0.266 e. The lowest BCUT2D eigenvalue weighted by Gasteiger charge is -2.21. The van der Waals surface area contributed by atoms with E-state index in [9.17, 15) is 9.18 Å². The van der Waals surface area contributed by atoms with Crippen LogP contribution < -0.4 is 4.90 Å². The molecule has 0 N–H and O–H groups in total. The zero-order valence-electron chi connectivity index (χ0n) is 17.1. The van der Waals surface area contributed by atoms with Crippen LogP contribution in [0.15, 0.2) is 77.4 Å². The molecule has 0 aliphatic carbocycles. The van der Waals surface area contributed by atoms with Crippen molar-refractivity contribution in [2.75, 3.05) is 4.90 Å². The van der Waals surface area contributed by atoms with Gasteiger partial charge >= 0.3 is 0 Å². The first-order chi connectivity index (χ1) is 14.9. The molecule has 6 heteroatoms. The van der Waals surface area contributed by atoms with E-state index in [1.807, 2.05) is 44.2 Å². The van der Waals surface area contributed by atoms with Crippen LogP contribution in [-0.4, -0.2) is 11.1 Å². The second kappa shape index (κ2) is 9.08. The third-order valence-corrected chi connectivity index (χ3v) is 6.36. The minimum Gasteiger partial charge on any atom is -0.266 e. The van der Waals surface area contributed by atoms with E-state index in [-0.39, 0.29) is 11.7 Å². The van der Waals surface area contributed by atoms with E-state index < -0.39 is 0 Å². The summed E-state index contributed by atoms with van der Waals surface area (Å²) in [6.07, 6.45) is 1.77. The van der Waals surface area contributed by atoms with Crippen molar-refractivity contribution in [3.8, 4) is 0 Å². The quantitative estimate of drug-likeness (QED) is 0.411. The second-order valence-electron chi connectivity index (χ2n) is 7.25. The number of amidine groups is 1. The van der Waals surface area contributed by atoms with Crippen LogP contribution in [-0.2, 0) is 10.5 Å². The third kappa shape index (κ3) is 4.73. The number of amides is 1. The summed E-state index contributed by atoms with van der Waals surface area (Å²) in [6, 6.07) is 19.5. The summed E-state index contributed by atoms with van der Waals surface area (Å²) in [5, 5.41) is 1.24. The van der Waals surface area contributed by atoms with Gasteiger partial charge in [0.05, 0.1) is 5.69 Å². The monoisotopic (exact) mass is 450 g/mol. The topological polar surface area (TPSA) is 32.7 Å². The molecule has 4 rings (SSSR count). The lowest BCUT2D eigenvalue weighted by Crippen LogP contribution is -2.31. The first-order valence-electron chi connectivity index (χ1n) is 9.76. The summed E-state index contributed by atoms with van der Waals surface area (Å²) in [7, 11) is 0. The van der Waals surface area contributed by atoms with Crippen molar-refractivity contribution in [1.82, 2.24) is 0 Å². The van der Waals surface area contributed by atoms with Crippen LogP contribution in [0, 0.1) is 19.7 Å². The maximum absolute atomic E-state index is 13.4. The fraction of sp³-hybridized carbons (Fsp3) is 0.120. The van der Waals surface area contributed by atoms with Crippen LogP contribution in [0.1, 0.15) is 22.3 Å². The number of carbonyl (C=O) groups excluding carboxylic acids is 1. The number of nitrogens with zero attached hydrogens (tertiary/aromatic N) is 2. The van der Waals surface area contributed by atoms with Crippen molar-refractivity contribution in [3.63, 3.8) is 0 Å². The summed E-state index contributed by atoms with van der Waals surface area (Å²) in [6.45, 7) is 4.02. The minimum absolute atomic E-state index is 0.176. The highest BCUT2D eigenvalue weighted by Crippen LogP contribution is 2.33. The molecule has 0 aromatic heterocycles. The maximum Gasteiger partial charge on any atom is 0.283 e. The van der Waals surface area contributed by atoms with Gasteiger partial charge in [-0.15, -0.1) is 0 Å². The minimum atomic E-state index is -0.271. The zero-order chi connectivity index (χ0) is 22.0. The van der Waals surface area contributed by atoms with E-state index >= 15 is 0 Å². The van der Waals surface area contributed by atoms with E-state index in [2.05, 4.69) is 4.99 Å². The van der Waals surface area contributed by atoms with Crippen molar-refractivity contribution in [2.45, 2.75) is 19.6 Å². The number of rotatable bonds is 4. The van der Waals surface area contributed by atoms with Gasteiger partial charge in [-0.1, -0.05) is 59.8 Å². The largest absolute Gasteiger partial charge is 0.283 e. The fourth-order valence-corrected chi connectivity index (χ4v) is 4.32. The molecule has 3 aromatic rings. The molecule has 3 nitrogen and oxygen atoms in total. The molecule has 1 aliphatic rings. The molecule has 1 amide bonds. The number of hydrogen-bond acceptors (Lipinski definition) is 3. The highest BCUT2D eigenvalue weighted by atomic mass is 35.5. The summed E-state index contributed by atoms with van der Waals surface area (Å²) in [5.74, 6) is 0.125. The molecule has 0 bridgehead atoms. The predicted octanol–water partition coefficient (Wildman–Crippen LogP) is 6.77. The van der Waals surface area contributed by atoms with Gasteiger partial charge in [0.2, 0.25) is 0 Å². The average molecular weight is 451 g/mol. The first kappa shape index (κ1) is 21.3. The van der Waals surface area contributed by atoms with Crippen molar-refractivity contribution in [3.05, 3.63) is 106 Å². The molecule has 0 unspecified atom stereocenters. The molecule has 0 radical (unpaired) electrons. The van der Waals surface area contributed by atoms with Crippen LogP contribution in [0.3, 0.4) is 0 Å². The van der Waals surface area contributed by atoms with Gasteiger partial charge in [-0.3, -0.25) is 9.69 Å². The van der Waals surface area contributed by atoms with Gasteiger partial charge < -0.3 is 0 Å². The van der Waals surface area contributed by atoms with Crippen molar-refractivity contribution in [2.24, 2.45) is 4.99 Å². The van der Waals surface area contributed by atoms with E-state index in [1.165, 1.54) is 23.9 Å². The Bertz CT molecular complexity index is 1190. The number of aryl methyl sites for hydroxylation is 1. The Morgan fingerprint density at radius 2 is 1.74 bits per heavy atom. The molecular weight excluding hydrogens is 431 g/mol. The first-order valence-corrected chi connectivity index (χ1v) is 11.1. The van der Waals surface area contributed by atoms with E-state index in [1.54, 1.807) is 35.2 Å². The lowest BCUT2D eigenvalue weighted by molar-refractivity contribution is -0.113. The molecule has 0 spiro atoms. The number of aliphatic imine (C=N–C) groups is 1. The molecule has 1 heterocycles. The SMILES string of the molecule is Cc1cccc(N2C(=O)C(=Cc3ccc(Cl)cc3)N=C2SCc2ccc(F)cc2)c1C. The van der Waals surface area contributed by atoms with Gasteiger partial charge in [-0.2, -0.15) is 0 Å². The highest BCUT2D eigenvalue weighted by Gasteiger charge is 2.33. The summed E-state index contributed by atoms with van der Waals surface area (Å²) >= 11 is 7.43. The lowest BCUT2D eigenvalue weighted by atomic mass is 10.1. The Kier molecular flexibility index (Phi) is 6.25. The van der Waals surface area contributed by atoms with E-state index in [4.69, 9.17) is 11.6 Å². The van der Waals surface area contributed by atoms with Crippen molar-refractivity contribution in [1.29, 1.82) is 0 Å². The number of thioether (sulfide) groups is 1. The molecule has 0 atom stereocenters. The zero-order valence-corrected chi connectivity index (χ0v) is 18.7. The van der Waals surface area contributed by atoms with Gasteiger partial charge in [-0.25, -0.2) is 9.38 Å². The third-order valence-electron chi connectivity index (χ3n) is 5.10. The van der Waals surface area contributed by atoms with Crippen LogP contribution in [0.25, 0.3) is 6.08 Å². The van der Waals surface area contributed by atoms with Crippen LogP contribution in [0.4, 0.5) is 10.1 Å². The van der Waals surface area contributed by atoms with Gasteiger partial charge in [0.25, 0.3) is 5.91 Å². The predicted molar refractivity (Wildman–Crippen MR) is 128 cm³/mol. The molecule has 156 valence electrons. The van der Waals surface area contributed by atoms with Crippen LogP contribution in [0.2, 0.25) is 5.02 Å². The number of hydrogen-bond donors (Lipinski definition) is 0. The Balaban J connectivity index is 1.70. The van der Waals surface area contributed by atoms with E-state index in [0.29, 0.717) is 21.6 Å². The maximum atomic E-state index is 13.4. The average Bonchev–Trinajstić information content (AvgIpc) is 3.06. The number of anilines is 1. The van der Waals surface area contributed by atoms with Crippen molar-refractivity contribution >= 4 is 46.2 Å². The fourth-order valence-electron chi connectivity index (χ4n) is 3.23. The Labute approximate surface area is 190 Å². The summed E-state index contributed by atoms with van der Waals surface area (Å²) in [4.78, 5) is 19.7. The molecule has 0 saturated heterocycles. The van der Waals surface area contributed by atoms with Gasteiger partial charge in [0.15, 0.2) is 5.17 Å². The standard InChI is InChI=1S/C25H20ClFN2OS/c1-16-4-3-5-23(17(16)2)29-24(30)22(14-18-6-10-20(26)11-7-18)28-25(29)31-15-19-8-12-21(27)13-9-19/h3-14H,15H2,1-2H3. The second-order valence-corrected chi connectivity index (χ2v) is 8.63.